The summed E-state index contributed by atoms with van der Waals surface area (Å²) in [5, 5.41) is 1.37. The molecule has 0 aromatic carbocycles. The van der Waals surface area contributed by atoms with Gasteiger partial charge in [0, 0.05) is 0 Å². The first-order chi connectivity index (χ1) is 4.06. The van der Waals surface area contributed by atoms with E-state index >= 15 is 0 Å². The van der Waals surface area contributed by atoms with Crippen molar-refractivity contribution < 1.29 is 23.2 Å². The van der Waals surface area contributed by atoms with Gasteiger partial charge < -0.3 is 5.32 Å². The maximum atomic E-state index is 11.1. The molecular weight excluding hydrogens is 135 g/mol. The Morgan fingerprint density at radius 2 is 2.00 bits per heavy atom. The standard InChI is InChI=1S/C4H8F3NO/c1-8-2-3-9-4(5,6)7/h1-3,8H2. The minimum absolute atomic E-state index is 0.222. The minimum atomic E-state index is -4.50. The fraction of sp³-hybridized carbons (Fsp3) is 0.750. The lowest BCUT2D eigenvalue weighted by Gasteiger charge is -2.05. The third-order valence-corrected chi connectivity index (χ3v) is 0.588. The average molecular weight is 143 g/mol. The Bertz CT molecular complexity index is 72.7. The molecular formula is C4H8F3NO. The Labute approximate surface area is 51.0 Å². The number of hydrogen-bond donors (Lipinski definition) is 1. The Hall–Kier alpha value is -0.290. The van der Waals surface area contributed by atoms with Crippen LogP contribution in [-0.4, -0.2) is 19.5 Å². The van der Waals surface area contributed by atoms with Crippen LogP contribution in [0.25, 0.3) is 0 Å². The van der Waals surface area contributed by atoms with E-state index in [0.29, 0.717) is 0 Å². The van der Waals surface area contributed by atoms with Crippen LogP contribution >= 0.6 is 0 Å². The molecule has 0 aliphatic rings. The number of hydrogen-bond acceptors (Lipinski definition) is 1. The SMILES string of the molecule is [CH2-][NH2+]CCOC(F)(F)F. The average Bonchev–Trinajstić information content (AvgIpc) is 1.63. The van der Waals surface area contributed by atoms with E-state index in [1.54, 1.807) is 0 Å². The number of halogens is 3. The van der Waals surface area contributed by atoms with Gasteiger partial charge in [0.25, 0.3) is 0 Å². The zero-order valence-electron chi connectivity index (χ0n) is 4.74. The van der Waals surface area contributed by atoms with E-state index in [-0.39, 0.29) is 13.2 Å². The Kier molecular flexibility index (Phi) is 3.56. The summed E-state index contributed by atoms with van der Waals surface area (Å²) in [4.78, 5) is 0. The zero-order chi connectivity index (χ0) is 7.33. The molecule has 0 aromatic rings. The largest absolute Gasteiger partial charge is 0.522 e. The molecule has 56 valence electrons. The predicted molar refractivity (Wildman–Crippen MR) is 24.2 cm³/mol. The molecule has 0 bridgehead atoms. The Balaban J connectivity index is 3.07. The number of quaternary nitrogens is 1. The molecule has 0 saturated heterocycles. The van der Waals surface area contributed by atoms with Crippen molar-refractivity contribution in [3.8, 4) is 0 Å². The van der Waals surface area contributed by atoms with Gasteiger partial charge in [-0.1, -0.05) is 0 Å². The molecule has 9 heavy (non-hydrogen) atoms. The third-order valence-electron chi connectivity index (χ3n) is 0.588. The van der Waals surface area contributed by atoms with Gasteiger partial charge in [-0.2, -0.15) is 7.05 Å². The van der Waals surface area contributed by atoms with Crippen molar-refractivity contribution in [2.75, 3.05) is 13.2 Å². The molecule has 0 amide bonds. The van der Waals surface area contributed by atoms with Crippen LogP contribution in [0.3, 0.4) is 0 Å². The van der Waals surface area contributed by atoms with Gasteiger partial charge in [0.15, 0.2) is 0 Å². The molecule has 0 heterocycles. The highest BCUT2D eigenvalue weighted by Gasteiger charge is 2.28. The van der Waals surface area contributed by atoms with Crippen molar-refractivity contribution in [2.24, 2.45) is 0 Å². The van der Waals surface area contributed by atoms with Gasteiger partial charge >= 0.3 is 6.36 Å². The van der Waals surface area contributed by atoms with Crippen LogP contribution < -0.4 is 5.32 Å². The van der Waals surface area contributed by atoms with Crippen molar-refractivity contribution in [3.63, 3.8) is 0 Å². The molecule has 0 saturated carbocycles. The predicted octanol–water partition coefficient (Wildman–Crippen LogP) is -0.122. The molecule has 0 aliphatic heterocycles. The number of rotatable bonds is 3. The fourth-order valence-corrected chi connectivity index (χ4v) is 0.258. The molecule has 0 rings (SSSR count). The van der Waals surface area contributed by atoms with Gasteiger partial charge in [0.05, 0.1) is 6.54 Å². The lowest BCUT2D eigenvalue weighted by atomic mass is 10.7. The monoisotopic (exact) mass is 143 g/mol. The van der Waals surface area contributed by atoms with Crippen LogP contribution in [0.1, 0.15) is 0 Å². The lowest BCUT2D eigenvalue weighted by molar-refractivity contribution is -0.600. The topological polar surface area (TPSA) is 25.8 Å². The summed E-state index contributed by atoms with van der Waals surface area (Å²) in [5.74, 6) is 0. The number of ether oxygens (including phenoxy) is 1. The molecule has 0 atom stereocenters. The zero-order valence-corrected chi connectivity index (χ0v) is 4.74. The Morgan fingerprint density at radius 3 is 2.33 bits per heavy atom. The van der Waals surface area contributed by atoms with Gasteiger partial charge in [0.1, 0.15) is 6.61 Å². The summed E-state index contributed by atoms with van der Waals surface area (Å²) in [6, 6.07) is 0. The summed E-state index contributed by atoms with van der Waals surface area (Å²) >= 11 is 0. The second kappa shape index (κ2) is 3.68. The third kappa shape index (κ3) is 7.71. The van der Waals surface area contributed by atoms with E-state index in [0.717, 1.165) is 0 Å². The van der Waals surface area contributed by atoms with Crippen molar-refractivity contribution in [1.82, 2.24) is 0 Å². The molecule has 0 fully saturated rings. The summed E-state index contributed by atoms with van der Waals surface area (Å²) in [6.07, 6.45) is -4.50. The molecule has 0 aromatic heterocycles. The number of alkyl halides is 3. The van der Waals surface area contributed by atoms with E-state index < -0.39 is 6.36 Å². The van der Waals surface area contributed by atoms with Crippen molar-refractivity contribution >= 4 is 0 Å². The van der Waals surface area contributed by atoms with Gasteiger partial charge in [-0.05, 0) is 0 Å². The molecule has 0 aliphatic carbocycles. The van der Waals surface area contributed by atoms with E-state index in [2.05, 4.69) is 11.8 Å². The van der Waals surface area contributed by atoms with Gasteiger partial charge in [0.2, 0.25) is 0 Å². The quantitative estimate of drug-likeness (QED) is 0.432. The Morgan fingerprint density at radius 1 is 1.44 bits per heavy atom. The van der Waals surface area contributed by atoms with E-state index in [1.165, 1.54) is 5.32 Å². The van der Waals surface area contributed by atoms with Crippen LogP contribution in [0.15, 0.2) is 0 Å². The number of nitrogens with two attached hydrogens (primary N) is 1. The van der Waals surface area contributed by atoms with E-state index in [1.807, 2.05) is 0 Å². The minimum Gasteiger partial charge on any atom is -0.477 e. The molecule has 0 radical (unpaired) electrons. The fourth-order valence-electron chi connectivity index (χ4n) is 0.258. The smallest absolute Gasteiger partial charge is 0.477 e. The van der Waals surface area contributed by atoms with Crippen LogP contribution in [0, 0.1) is 7.05 Å². The molecule has 2 N–H and O–H groups in total. The van der Waals surface area contributed by atoms with E-state index in [4.69, 9.17) is 0 Å². The van der Waals surface area contributed by atoms with E-state index in [9.17, 15) is 13.2 Å². The van der Waals surface area contributed by atoms with Crippen LogP contribution in [0.4, 0.5) is 13.2 Å². The second-order valence-corrected chi connectivity index (χ2v) is 1.37. The highest BCUT2D eigenvalue weighted by molar-refractivity contribution is 4.27. The normalized spacial score (nSPS) is 12.0. The van der Waals surface area contributed by atoms with Crippen LogP contribution in [-0.2, 0) is 4.74 Å². The first-order valence-corrected chi connectivity index (χ1v) is 2.38. The molecule has 5 heteroatoms. The van der Waals surface area contributed by atoms with Crippen molar-refractivity contribution in [1.29, 1.82) is 0 Å². The molecule has 0 unspecified atom stereocenters. The molecule has 0 spiro atoms. The van der Waals surface area contributed by atoms with Crippen LogP contribution in [0.5, 0.6) is 0 Å². The molecule has 2 nitrogen and oxygen atoms in total. The highest BCUT2D eigenvalue weighted by atomic mass is 19.4. The summed E-state index contributed by atoms with van der Waals surface area (Å²) in [6.45, 7) is -0.119. The van der Waals surface area contributed by atoms with Crippen LogP contribution in [0.2, 0.25) is 0 Å². The van der Waals surface area contributed by atoms with Gasteiger partial charge in [-0.3, -0.25) is 4.74 Å². The summed E-state index contributed by atoms with van der Waals surface area (Å²) in [7, 11) is 3.23. The van der Waals surface area contributed by atoms with Crippen molar-refractivity contribution in [2.45, 2.75) is 6.36 Å². The maximum absolute atomic E-state index is 11.1. The second-order valence-electron chi connectivity index (χ2n) is 1.37. The van der Waals surface area contributed by atoms with Gasteiger partial charge in [-0.25, -0.2) is 0 Å². The maximum Gasteiger partial charge on any atom is 0.522 e. The van der Waals surface area contributed by atoms with Crippen molar-refractivity contribution in [3.05, 3.63) is 7.05 Å². The van der Waals surface area contributed by atoms with Gasteiger partial charge in [-0.15, -0.1) is 13.2 Å². The highest BCUT2D eigenvalue weighted by Crippen LogP contribution is 2.14. The summed E-state index contributed by atoms with van der Waals surface area (Å²) < 4.78 is 36.8. The summed E-state index contributed by atoms with van der Waals surface area (Å²) in [5.41, 5.74) is 0. The lowest BCUT2D eigenvalue weighted by Crippen LogP contribution is -2.78. The first kappa shape index (κ1) is 8.71. The first-order valence-electron chi connectivity index (χ1n) is 2.38.